The van der Waals surface area contributed by atoms with Crippen molar-refractivity contribution in [2.45, 2.75) is 6.92 Å². The van der Waals surface area contributed by atoms with Gasteiger partial charge in [-0.15, -0.1) is 0 Å². The molecule has 0 amide bonds. The minimum atomic E-state index is 0.945. The molecule has 21 heavy (non-hydrogen) atoms. The summed E-state index contributed by atoms with van der Waals surface area (Å²) >= 11 is 0. The van der Waals surface area contributed by atoms with Crippen molar-refractivity contribution in [2.75, 3.05) is 11.9 Å². The maximum absolute atomic E-state index is 4.63. The van der Waals surface area contributed by atoms with E-state index in [0.717, 1.165) is 28.0 Å². The molecule has 3 aromatic rings. The smallest absolute Gasteiger partial charge is 0.0954 e. The van der Waals surface area contributed by atoms with Crippen LogP contribution in [0.5, 0.6) is 0 Å². The molecule has 3 nitrogen and oxygen atoms in total. The van der Waals surface area contributed by atoms with E-state index in [1.807, 2.05) is 67.7 Å². The number of pyridine rings is 1. The molecule has 0 radical (unpaired) electrons. The predicted octanol–water partition coefficient (Wildman–Crippen LogP) is 4.34. The van der Waals surface area contributed by atoms with Crippen molar-refractivity contribution in [3.8, 4) is 0 Å². The number of rotatable bonds is 3. The van der Waals surface area contributed by atoms with E-state index >= 15 is 0 Å². The van der Waals surface area contributed by atoms with Crippen molar-refractivity contribution in [3.63, 3.8) is 0 Å². The number of hydrogen-bond donors (Lipinski definition) is 0. The fraction of sp³-hybridized carbons (Fsp3) is 0.111. The molecule has 0 aliphatic heterocycles. The van der Waals surface area contributed by atoms with Gasteiger partial charge in [-0.1, -0.05) is 36.4 Å². The fourth-order valence-corrected chi connectivity index (χ4v) is 2.27. The van der Waals surface area contributed by atoms with E-state index < -0.39 is 0 Å². The molecule has 0 saturated heterocycles. The zero-order valence-electron chi connectivity index (χ0n) is 12.2. The molecule has 0 atom stereocenters. The van der Waals surface area contributed by atoms with Gasteiger partial charge < -0.3 is 4.90 Å². The molecule has 0 bridgehead atoms. The Morgan fingerprint density at radius 3 is 2.52 bits per heavy atom. The van der Waals surface area contributed by atoms with Crippen LogP contribution in [0.4, 0.5) is 11.4 Å². The third-order valence-electron chi connectivity index (χ3n) is 3.36. The molecule has 0 aliphatic carbocycles. The highest BCUT2D eigenvalue weighted by atomic mass is 15.1. The summed E-state index contributed by atoms with van der Waals surface area (Å²) in [5.74, 6) is 0. The van der Waals surface area contributed by atoms with Crippen molar-refractivity contribution in [1.82, 2.24) is 4.98 Å². The van der Waals surface area contributed by atoms with Crippen molar-refractivity contribution in [3.05, 3.63) is 66.4 Å². The van der Waals surface area contributed by atoms with E-state index in [9.17, 15) is 0 Å². The first-order chi connectivity index (χ1) is 10.2. The van der Waals surface area contributed by atoms with Crippen LogP contribution in [-0.2, 0) is 0 Å². The first kappa shape index (κ1) is 13.3. The normalized spacial score (nSPS) is 11.1. The highest BCUT2D eigenvalue weighted by Crippen LogP contribution is 2.25. The Morgan fingerprint density at radius 2 is 1.71 bits per heavy atom. The Balaban J connectivity index is 1.96. The van der Waals surface area contributed by atoms with Gasteiger partial charge in [0.15, 0.2) is 0 Å². The molecule has 0 aliphatic rings. The summed E-state index contributed by atoms with van der Waals surface area (Å²) in [5, 5.41) is 1.07. The van der Waals surface area contributed by atoms with Crippen LogP contribution < -0.4 is 4.90 Å². The van der Waals surface area contributed by atoms with Crippen LogP contribution in [0.2, 0.25) is 0 Å². The summed E-state index contributed by atoms with van der Waals surface area (Å²) in [6, 6.07) is 20.3. The molecule has 0 saturated carbocycles. The van der Waals surface area contributed by atoms with Gasteiger partial charge in [-0.05, 0) is 31.2 Å². The van der Waals surface area contributed by atoms with Crippen molar-refractivity contribution >= 4 is 28.6 Å². The molecule has 0 fully saturated rings. The first-order valence-corrected chi connectivity index (χ1v) is 6.92. The van der Waals surface area contributed by atoms with Gasteiger partial charge in [0.2, 0.25) is 0 Å². The van der Waals surface area contributed by atoms with Gasteiger partial charge in [0.1, 0.15) is 0 Å². The number of aliphatic imine (C=N–C) groups is 1. The second kappa shape index (κ2) is 5.75. The lowest BCUT2D eigenvalue weighted by atomic mass is 10.1. The van der Waals surface area contributed by atoms with E-state index in [1.165, 1.54) is 0 Å². The summed E-state index contributed by atoms with van der Waals surface area (Å²) in [6.45, 7) is 1.99. The van der Waals surface area contributed by atoms with Gasteiger partial charge in [0.25, 0.3) is 0 Å². The fourth-order valence-electron chi connectivity index (χ4n) is 2.27. The van der Waals surface area contributed by atoms with Crippen molar-refractivity contribution in [1.29, 1.82) is 0 Å². The predicted molar refractivity (Wildman–Crippen MR) is 89.5 cm³/mol. The zero-order chi connectivity index (χ0) is 14.7. The van der Waals surface area contributed by atoms with E-state index in [2.05, 4.69) is 28.2 Å². The maximum Gasteiger partial charge on any atom is 0.0954 e. The van der Waals surface area contributed by atoms with Gasteiger partial charge >= 0.3 is 0 Å². The molecular weight excluding hydrogens is 258 g/mol. The first-order valence-electron chi connectivity index (χ1n) is 6.92. The van der Waals surface area contributed by atoms with Gasteiger partial charge in [0.05, 0.1) is 17.5 Å². The number of aromatic nitrogens is 1. The number of benzene rings is 2. The van der Waals surface area contributed by atoms with Crippen LogP contribution in [0.15, 0.2) is 65.7 Å². The summed E-state index contributed by atoms with van der Waals surface area (Å²) in [4.78, 5) is 11.2. The Bertz CT molecular complexity index is 779. The third kappa shape index (κ3) is 2.92. The van der Waals surface area contributed by atoms with Crippen LogP contribution in [0, 0.1) is 6.92 Å². The highest BCUT2D eigenvalue weighted by Gasteiger charge is 2.02. The molecule has 0 spiro atoms. The standard InChI is InChI=1S/C18H17N3/c1-14-12-18(16-10-6-7-11-17(16)20-14)19-13-21(2)15-8-4-3-5-9-15/h3-13H,1-2H3. The van der Waals surface area contributed by atoms with Crippen LogP contribution in [0.25, 0.3) is 10.9 Å². The largest absolute Gasteiger partial charge is 0.336 e. The third-order valence-corrected chi connectivity index (χ3v) is 3.36. The Kier molecular flexibility index (Phi) is 3.65. The van der Waals surface area contributed by atoms with E-state index in [0.29, 0.717) is 0 Å². The Hall–Kier alpha value is -2.68. The van der Waals surface area contributed by atoms with Crippen LogP contribution in [-0.4, -0.2) is 18.4 Å². The Morgan fingerprint density at radius 1 is 1.00 bits per heavy atom. The molecule has 2 aromatic carbocycles. The average molecular weight is 275 g/mol. The summed E-state index contributed by atoms with van der Waals surface area (Å²) in [6.07, 6.45) is 1.84. The number of anilines is 1. The van der Waals surface area contributed by atoms with Gasteiger partial charge in [0, 0.05) is 23.8 Å². The second-order valence-corrected chi connectivity index (χ2v) is 4.99. The molecular formula is C18H17N3. The van der Waals surface area contributed by atoms with E-state index in [-0.39, 0.29) is 0 Å². The molecule has 104 valence electrons. The number of para-hydroxylation sites is 2. The maximum atomic E-state index is 4.63. The van der Waals surface area contributed by atoms with Gasteiger partial charge in [-0.25, -0.2) is 4.99 Å². The summed E-state index contributed by atoms with van der Waals surface area (Å²) in [7, 11) is 2.00. The molecule has 1 heterocycles. The quantitative estimate of drug-likeness (QED) is 0.525. The highest BCUT2D eigenvalue weighted by molar-refractivity contribution is 5.92. The molecule has 0 unspecified atom stereocenters. The van der Waals surface area contributed by atoms with E-state index in [4.69, 9.17) is 0 Å². The minimum absolute atomic E-state index is 0.945. The minimum Gasteiger partial charge on any atom is -0.336 e. The molecule has 0 N–H and O–H groups in total. The SMILES string of the molecule is Cc1cc(N=CN(C)c2ccccc2)c2ccccc2n1. The monoisotopic (exact) mass is 275 g/mol. The zero-order valence-corrected chi connectivity index (χ0v) is 12.2. The number of hydrogen-bond acceptors (Lipinski definition) is 2. The van der Waals surface area contributed by atoms with Crippen molar-refractivity contribution in [2.24, 2.45) is 4.99 Å². The lowest BCUT2D eigenvalue weighted by Gasteiger charge is -2.13. The van der Waals surface area contributed by atoms with Crippen LogP contribution in [0.1, 0.15) is 5.69 Å². The van der Waals surface area contributed by atoms with E-state index in [1.54, 1.807) is 0 Å². The summed E-state index contributed by atoms with van der Waals surface area (Å²) < 4.78 is 0. The second-order valence-electron chi connectivity index (χ2n) is 4.99. The number of aryl methyl sites for hydroxylation is 1. The molecule has 3 heteroatoms. The Labute approximate surface area is 124 Å². The molecule has 1 aromatic heterocycles. The average Bonchev–Trinajstić information content (AvgIpc) is 2.53. The van der Waals surface area contributed by atoms with Crippen LogP contribution >= 0.6 is 0 Å². The van der Waals surface area contributed by atoms with Gasteiger partial charge in [-0.2, -0.15) is 0 Å². The lowest BCUT2D eigenvalue weighted by Crippen LogP contribution is -2.13. The summed E-state index contributed by atoms with van der Waals surface area (Å²) in [5.41, 5.74) is 4.01. The molecule has 3 rings (SSSR count). The van der Waals surface area contributed by atoms with Crippen LogP contribution in [0.3, 0.4) is 0 Å². The van der Waals surface area contributed by atoms with Crippen molar-refractivity contribution < 1.29 is 0 Å². The number of nitrogens with zero attached hydrogens (tertiary/aromatic N) is 3. The topological polar surface area (TPSA) is 28.5 Å². The lowest BCUT2D eigenvalue weighted by molar-refractivity contribution is 1.24. The van der Waals surface area contributed by atoms with Gasteiger partial charge in [-0.3, -0.25) is 4.98 Å². The number of fused-ring (bicyclic) bond motifs is 1.